The van der Waals surface area contributed by atoms with E-state index in [9.17, 15) is 9.50 Å². The number of aryl methyl sites for hydroxylation is 1. The zero-order valence-electron chi connectivity index (χ0n) is 8.66. The van der Waals surface area contributed by atoms with Crippen molar-refractivity contribution in [2.24, 2.45) is 0 Å². The molecule has 0 aliphatic carbocycles. The molecule has 2 nitrogen and oxygen atoms in total. The van der Waals surface area contributed by atoms with Gasteiger partial charge in [-0.1, -0.05) is 0 Å². The summed E-state index contributed by atoms with van der Waals surface area (Å²) in [7, 11) is 0. The van der Waals surface area contributed by atoms with Crippen LogP contribution in [0.2, 0.25) is 0 Å². The molecule has 15 heavy (non-hydrogen) atoms. The van der Waals surface area contributed by atoms with Crippen molar-refractivity contribution in [3.63, 3.8) is 0 Å². The van der Waals surface area contributed by atoms with Gasteiger partial charge < -0.3 is 5.11 Å². The number of benzene rings is 1. The minimum absolute atomic E-state index is 0.266. The molecule has 3 heteroatoms. The largest absolute Gasteiger partial charge is 0.387 e. The van der Waals surface area contributed by atoms with Crippen molar-refractivity contribution < 1.29 is 9.50 Å². The molecule has 0 radical (unpaired) electrons. The molecular weight excluding hydrogens is 193 g/mol. The van der Waals surface area contributed by atoms with Crippen LogP contribution in [0.25, 0.3) is 10.9 Å². The van der Waals surface area contributed by atoms with Crippen LogP contribution in [0.3, 0.4) is 0 Å². The maximum atomic E-state index is 13.0. The number of hydrogen-bond acceptors (Lipinski definition) is 2. The first kappa shape index (κ1) is 10.1. The lowest BCUT2D eigenvalue weighted by atomic mass is 10.1. The van der Waals surface area contributed by atoms with Crippen LogP contribution in [-0.2, 0) is 0 Å². The van der Waals surface area contributed by atoms with Crippen molar-refractivity contribution in [2.75, 3.05) is 0 Å². The second kappa shape index (κ2) is 3.59. The number of fused-ring (bicyclic) bond motifs is 1. The maximum Gasteiger partial charge on any atom is 0.123 e. The Bertz CT molecular complexity index is 508. The minimum atomic E-state index is -0.599. The van der Waals surface area contributed by atoms with Crippen LogP contribution in [0.5, 0.6) is 0 Å². The fraction of sp³-hybridized carbons (Fsp3) is 0.250. The van der Waals surface area contributed by atoms with Crippen molar-refractivity contribution in [3.8, 4) is 0 Å². The predicted octanol–water partition coefficient (Wildman–Crippen LogP) is 2.74. The van der Waals surface area contributed by atoms with Gasteiger partial charge >= 0.3 is 0 Å². The number of aliphatic hydroxyl groups excluding tert-OH is 1. The third kappa shape index (κ3) is 1.83. The maximum absolute atomic E-state index is 13.0. The van der Waals surface area contributed by atoms with Gasteiger partial charge in [0, 0.05) is 5.39 Å². The highest BCUT2D eigenvalue weighted by Gasteiger charge is 2.07. The molecule has 0 fully saturated rings. The summed E-state index contributed by atoms with van der Waals surface area (Å²) in [5.41, 5.74) is 2.26. The Morgan fingerprint density at radius 1 is 1.33 bits per heavy atom. The average molecular weight is 205 g/mol. The van der Waals surface area contributed by atoms with Gasteiger partial charge in [0.25, 0.3) is 0 Å². The third-order valence-corrected chi connectivity index (χ3v) is 2.43. The van der Waals surface area contributed by atoms with Crippen LogP contribution in [0.1, 0.15) is 24.3 Å². The first-order valence-corrected chi connectivity index (χ1v) is 4.83. The molecule has 1 unspecified atom stereocenters. The predicted molar refractivity (Wildman–Crippen MR) is 57.1 cm³/mol. The number of halogens is 1. The van der Waals surface area contributed by atoms with E-state index < -0.39 is 6.10 Å². The van der Waals surface area contributed by atoms with Crippen LogP contribution >= 0.6 is 0 Å². The van der Waals surface area contributed by atoms with Crippen molar-refractivity contribution in [1.29, 1.82) is 0 Å². The zero-order valence-corrected chi connectivity index (χ0v) is 8.66. The fourth-order valence-electron chi connectivity index (χ4n) is 1.61. The number of rotatable bonds is 1. The Morgan fingerprint density at radius 3 is 2.73 bits per heavy atom. The van der Waals surface area contributed by atoms with Crippen LogP contribution in [0, 0.1) is 12.7 Å². The van der Waals surface area contributed by atoms with Gasteiger partial charge in [0.2, 0.25) is 0 Å². The molecule has 2 aromatic rings. The van der Waals surface area contributed by atoms with E-state index in [2.05, 4.69) is 4.98 Å². The van der Waals surface area contributed by atoms with Gasteiger partial charge in [0.15, 0.2) is 0 Å². The lowest BCUT2D eigenvalue weighted by molar-refractivity contribution is 0.194. The van der Waals surface area contributed by atoms with E-state index >= 15 is 0 Å². The fourth-order valence-corrected chi connectivity index (χ4v) is 1.61. The molecule has 78 valence electrons. The molecule has 0 spiro atoms. The van der Waals surface area contributed by atoms with Crippen molar-refractivity contribution in [1.82, 2.24) is 4.98 Å². The topological polar surface area (TPSA) is 33.1 Å². The molecule has 1 aromatic heterocycles. The molecule has 0 saturated heterocycles. The van der Waals surface area contributed by atoms with E-state index in [-0.39, 0.29) is 5.82 Å². The molecule has 0 aliphatic rings. The summed E-state index contributed by atoms with van der Waals surface area (Å²) >= 11 is 0. The summed E-state index contributed by atoms with van der Waals surface area (Å²) in [5, 5.41) is 10.2. The zero-order chi connectivity index (χ0) is 11.0. The molecule has 1 N–H and O–H groups in total. The number of hydrogen-bond donors (Lipinski definition) is 1. The second-order valence-electron chi connectivity index (χ2n) is 3.70. The molecule has 1 heterocycles. The number of nitrogens with zero attached hydrogens (tertiary/aromatic N) is 1. The average Bonchev–Trinajstić information content (AvgIpc) is 2.18. The van der Waals surface area contributed by atoms with Crippen molar-refractivity contribution in [3.05, 3.63) is 41.3 Å². The first-order valence-electron chi connectivity index (χ1n) is 4.83. The molecule has 2 rings (SSSR count). The third-order valence-electron chi connectivity index (χ3n) is 2.43. The minimum Gasteiger partial charge on any atom is -0.387 e. The van der Waals surface area contributed by atoms with E-state index in [1.165, 1.54) is 12.1 Å². The molecular formula is C12H12FNO. The van der Waals surface area contributed by atoms with Crippen LogP contribution in [0.15, 0.2) is 24.3 Å². The standard InChI is InChI=1S/C12H12FNO/c1-7-5-12(8(2)15)14-11-4-3-9(13)6-10(7)11/h3-6,8,15H,1-2H3. The van der Waals surface area contributed by atoms with Gasteiger partial charge in [-0.15, -0.1) is 0 Å². The number of pyridine rings is 1. The van der Waals surface area contributed by atoms with E-state index in [1.807, 2.05) is 6.92 Å². The summed E-state index contributed by atoms with van der Waals surface area (Å²) in [6, 6.07) is 6.25. The Labute approximate surface area is 87.4 Å². The van der Waals surface area contributed by atoms with Crippen LogP contribution in [0.4, 0.5) is 4.39 Å². The Kier molecular flexibility index (Phi) is 2.40. The van der Waals surface area contributed by atoms with Gasteiger partial charge in [-0.05, 0) is 43.7 Å². The molecule has 1 aromatic carbocycles. The SMILES string of the molecule is Cc1cc(C(C)O)nc2ccc(F)cc12. The highest BCUT2D eigenvalue weighted by molar-refractivity contribution is 5.82. The summed E-state index contributed by atoms with van der Waals surface area (Å²) in [5.74, 6) is -0.266. The molecule has 0 amide bonds. The van der Waals surface area contributed by atoms with Gasteiger partial charge in [-0.2, -0.15) is 0 Å². The molecule has 0 bridgehead atoms. The highest BCUT2D eigenvalue weighted by Crippen LogP contribution is 2.21. The van der Waals surface area contributed by atoms with Crippen LogP contribution in [-0.4, -0.2) is 10.1 Å². The quantitative estimate of drug-likeness (QED) is 0.776. The summed E-state index contributed by atoms with van der Waals surface area (Å²) < 4.78 is 13.0. The monoisotopic (exact) mass is 205 g/mol. The first-order chi connectivity index (χ1) is 7.08. The van der Waals surface area contributed by atoms with Crippen LogP contribution < -0.4 is 0 Å². The molecule has 0 aliphatic heterocycles. The second-order valence-corrected chi connectivity index (χ2v) is 3.70. The Morgan fingerprint density at radius 2 is 2.07 bits per heavy atom. The number of aliphatic hydroxyl groups is 1. The van der Waals surface area contributed by atoms with Gasteiger partial charge in [0.1, 0.15) is 5.82 Å². The Hall–Kier alpha value is -1.48. The highest BCUT2D eigenvalue weighted by atomic mass is 19.1. The number of aromatic nitrogens is 1. The lowest BCUT2D eigenvalue weighted by Crippen LogP contribution is -1.97. The van der Waals surface area contributed by atoms with Gasteiger partial charge in [-0.25, -0.2) is 4.39 Å². The van der Waals surface area contributed by atoms with E-state index in [0.717, 1.165) is 10.9 Å². The summed E-state index contributed by atoms with van der Waals surface area (Å²) in [6.07, 6.45) is -0.599. The molecule has 0 saturated carbocycles. The van der Waals surface area contributed by atoms with E-state index in [1.54, 1.807) is 19.1 Å². The van der Waals surface area contributed by atoms with Crippen molar-refractivity contribution >= 4 is 10.9 Å². The Balaban J connectivity index is 2.73. The summed E-state index contributed by atoms with van der Waals surface area (Å²) in [4.78, 5) is 4.26. The lowest BCUT2D eigenvalue weighted by Gasteiger charge is -2.08. The van der Waals surface area contributed by atoms with E-state index in [0.29, 0.717) is 11.2 Å². The van der Waals surface area contributed by atoms with E-state index in [4.69, 9.17) is 0 Å². The summed E-state index contributed by atoms with van der Waals surface area (Å²) in [6.45, 7) is 3.55. The van der Waals surface area contributed by atoms with Crippen molar-refractivity contribution in [2.45, 2.75) is 20.0 Å². The van der Waals surface area contributed by atoms with Gasteiger partial charge in [-0.3, -0.25) is 4.98 Å². The smallest absolute Gasteiger partial charge is 0.123 e. The molecule has 1 atom stereocenters. The van der Waals surface area contributed by atoms with Gasteiger partial charge in [0.05, 0.1) is 17.3 Å². The normalized spacial score (nSPS) is 13.1.